The Bertz CT molecular complexity index is 1270. The van der Waals surface area contributed by atoms with Crippen LogP contribution in [0.3, 0.4) is 0 Å². The van der Waals surface area contributed by atoms with E-state index in [1.807, 2.05) is 6.92 Å². The first kappa shape index (κ1) is 30.5. The van der Waals surface area contributed by atoms with Crippen molar-refractivity contribution < 1.29 is 18.0 Å². The summed E-state index contributed by atoms with van der Waals surface area (Å²) in [4.78, 5) is 28.7. The van der Waals surface area contributed by atoms with Gasteiger partial charge >= 0.3 is 0 Å². The molecular formula is C27H34Cl3N3O4S. The molecule has 0 radical (unpaired) electrons. The molecule has 1 aliphatic carbocycles. The monoisotopic (exact) mass is 601 g/mol. The van der Waals surface area contributed by atoms with Crippen LogP contribution in [-0.4, -0.2) is 50.0 Å². The van der Waals surface area contributed by atoms with Crippen molar-refractivity contribution in [2.24, 2.45) is 0 Å². The standard InChI is InChI=1S/C27H34Cl3N3O4S/c1-4-25(27(35)31-21-8-6-5-7-9-21)32(16-19-11-12-20(28)14-24(19)30)26(34)17-33(38(3,36)37)22-13-10-18(2)23(29)15-22/h10-15,21,25H,4-9,16-17H2,1-3H3,(H,31,35)/t25-/m0/s1. The minimum atomic E-state index is -3.86. The lowest BCUT2D eigenvalue weighted by molar-refractivity contribution is -0.140. The topological polar surface area (TPSA) is 86.8 Å². The third-order valence-electron chi connectivity index (χ3n) is 6.82. The fourth-order valence-electron chi connectivity index (χ4n) is 4.65. The maximum absolute atomic E-state index is 13.8. The molecule has 7 nitrogen and oxygen atoms in total. The zero-order valence-electron chi connectivity index (χ0n) is 21.8. The molecule has 3 rings (SSSR count). The number of anilines is 1. The van der Waals surface area contributed by atoms with E-state index in [1.54, 1.807) is 37.3 Å². The van der Waals surface area contributed by atoms with E-state index in [0.717, 1.165) is 48.2 Å². The molecule has 1 saturated carbocycles. The summed E-state index contributed by atoms with van der Waals surface area (Å²) < 4.78 is 26.5. The van der Waals surface area contributed by atoms with Gasteiger partial charge in [0.2, 0.25) is 21.8 Å². The van der Waals surface area contributed by atoms with Crippen LogP contribution in [0.2, 0.25) is 15.1 Å². The first-order valence-corrected chi connectivity index (χ1v) is 15.7. The number of carbonyl (C=O) groups excluding carboxylic acids is 2. The SMILES string of the molecule is CC[C@@H](C(=O)NC1CCCCC1)N(Cc1ccc(Cl)cc1Cl)C(=O)CN(c1ccc(C)c(Cl)c1)S(C)(=O)=O. The summed E-state index contributed by atoms with van der Waals surface area (Å²) in [7, 11) is -3.86. The van der Waals surface area contributed by atoms with Gasteiger partial charge < -0.3 is 10.2 Å². The number of sulfonamides is 1. The molecule has 0 saturated heterocycles. The van der Waals surface area contributed by atoms with Gasteiger partial charge in [-0.25, -0.2) is 8.42 Å². The molecule has 1 N–H and O–H groups in total. The normalized spacial score (nSPS) is 15.1. The molecule has 2 amide bonds. The molecular weight excluding hydrogens is 569 g/mol. The molecule has 38 heavy (non-hydrogen) atoms. The Kier molecular flexibility index (Phi) is 10.7. The number of hydrogen-bond acceptors (Lipinski definition) is 4. The van der Waals surface area contributed by atoms with Crippen LogP contribution in [-0.2, 0) is 26.2 Å². The van der Waals surface area contributed by atoms with Crippen LogP contribution in [0.5, 0.6) is 0 Å². The van der Waals surface area contributed by atoms with Gasteiger partial charge in [-0.2, -0.15) is 0 Å². The summed E-state index contributed by atoms with van der Waals surface area (Å²) in [6.45, 7) is 3.13. The lowest BCUT2D eigenvalue weighted by Gasteiger charge is -2.34. The quantitative estimate of drug-likeness (QED) is 0.363. The summed E-state index contributed by atoms with van der Waals surface area (Å²) >= 11 is 18.7. The number of hydrogen-bond donors (Lipinski definition) is 1. The maximum atomic E-state index is 13.8. The maximum Gasteiger partial charge on any atom is 0.244 e. The lowest BCUT2D eigenvalue weighted by Crippen LogP contribution is -2.54. The second kappa shape index (κ2) is 13.4. The second-order valence-electron chi connectivity index (χ2n) is 9.73. The zero-order valence-corrected chi connectivity index (χ0v) is 24.9. The molecule has 0 unspecified atom stereocenters. The molecule has 2 aromatic carbocycles. The third kappa shape index (κ3) is 8.01. The molecule has 208 valence electrons. The van der Waals surface area contributed by atoms with E-state index in [9.17, 15) is 18.0 Å². The summed E-state index contributed by atoms with van der Waals surface area (Å²) in [5.41, 5.74) is 1.64. The molecule has 0 heterocycles. The number of nitrogens with zero attached hydrogens (tertiary/aromatic N) is 2. The molecule has 1 aliphatic rings. The van der Waals surface area contributed by atoms with Crippen LogP contribution in [0.25, 0.3) is 0 Å². The Morgan fingerprint density at radius 1 is 1.03 bits per heavy atom. The summed E-state index contributed by atoms with van der Waals surface area (Å²) in [6, 6.07) is 8.97. The largest absolute Gasteiger partial charge is 0.352 e. The van der Waals surface area contributed by atoms with Crippen molar-refractivity contribution in [3.8, 4) is 0 Å². The van der Waals surface area contributed by atoms with Crippen molar-refractivity contribution in [3.05, 3.63) is 62.6 Å². The molecule has 0 spiro atoms. The highest BCUT2D eigenvalue weighted by Crippen LogP contribution is 2.27. The Labute approximate surface area is 240 Å². The molecule has 11 heteroatoms. The van der Waals surface area contributed by atoms with Crippen molar-refractivity contribution in [2.75, 3.05) is 17.1 Å². The first-order valence-electron chi connectivity index (χ1n) is 12.7. The van der Waals surface area contributed by atoms with Crippen molar-refractivity contribution in [2.45, 2.75) is 71.0 Å². The smallest absolute Gasteiger partial charge is 0.244 e. The minimum Gasteiger partial charge on any atom is -0.352 e. The van der Waals surface area contributed by atoms with Gasteiger partial charge in [-0.3, -0.25) is 13.9 Å². The Morgan fingerprint density at radius 2 is 1.71 bits per heavy atom. The first-order chi connectivity index (χ1) is 17.9. The number of aryl methyl sites for hydroxylation is 1. The van der Waals surface area contributed by atoms with Crippen molar-refractivity contribution in [1.82, 2.24) is 10.2 Å². The van der Waals surface area contributed by atoms with Gasteiger partial charge in [-0.05, 0) is 61.6 Å². The van der Waals surface area contributed by atoms with Gasteiger partial charge in [0, 0.05) is 27.7 Å². The third-order valence-corrected chi connectivity index (χ3v) is 8.95. The molecule has 2 aromatic rings. The number of benzene rings is 2. The predicted molar refractivity (Wildman–Crippen MR) is 154 cm³/mol. The summed E-state index contributed by atoms with van der Waals surface area (Å²) in [5.74, 6) is -0.800. The number of carbonyl (C=O) groups is 2. The van der Waals surface area contributed by atoms with Crippen LogP contribution < -0.4 is 9.62 Å². The second-order valence-corrected chi connectivity index (χ2v) is 12.9. The van der Waals surface area contributed by atoms with E-state index >= 15 is 0 Å². The van der Waals surface area contributed by atoms with Crippen molar-refractivity contribution in [1.29, 1.82) is 0 Å². The fraction of sp³-hybridized carbons (Fsp3) is 0.481. The van der Waals surface area contributed by atoms with Gasteiger partial charge in [-0.15, -0.1) is 0 Å². The van der Waals surface area contributed by atoms with Gasteiger partial charge in [0.1, 0.15) is 12.6 Å². The number of halogens is 3. The van der Waals surface area contributed by atoms with E-state index in [-0.39, 0.29) is 24.2 Å². The van der Waals surface area contributed by atoms with Gasteiger partial charge in [0.05, 0.1) is 11.9 Å². The average Bonchev–Trinajstić information content (AvgIpc) is 2.85. The van der Waals surface area contributed by atoms with E-state index in [0.29, 0.717) is 27.1 Å². The van der Waals surface area contributed by atoms with Crippen LogP contribution in [0.1, 0.15) is 56.6 Å². The molecule has 1 fully saturated rings. The molecule has 0 bridgehead atoms. The number of amides is 2. The Hall–Kier alpha value is -2.00. The molecule has 1 atom stereocenters. The van der Waals surface area contributed by atoms with E-state index < -0.39 is 28.5 Å². The predicted octanol–water partition coefficient (Wildman–Crippen LogP) is 5.98. The van der Waals surface area contributed by atoms with Crippen LogP contribution >= 0.6 is 34.8 Å². The van der Waals surface area contributed by atoms with Crippen LogP contribution in [0, 0.1) is 6.92 Å². The van der Waals surface area contributed by atoms with Crippen molar-refractivity contribution >= 4 is 62.3 Å². The van der Waals surface area contributed by atoms with Gasteiger partial charge in [0.15, 0.2) is 0 Å². The van der Waals surface area contributed by atoms with Crippen molar-refractivity contribution in [3.63, 3.8) is 0 Å². The van der Waals surface area contributed by atoms with Crippen LogP contribution in [0.4, 0.5) is 5.69 Å². The van der Waals surface area contributed by atoms with Crippen LogP contribution in [0.15, 0.2) is 36.4 Å². The highest BCUT2D eigenvalue weighted by Gasteiger charge is 2.33. The Morgan fingerprint density at radius 3 is 2.29 bits per heavy atom. The highest BCUT2D eigenvalue weighted by molar-refractivity contribution is 7.92. The van der Waals surface area contributed by atoms with Gasteiger partial charge in [0.25, 0.3) is 0 Å². The van der Waals surface area contributed by atoms with E-state index in [1.165, 1.54) is 11.0 Å². The molecule has 0 aromatic heterocycles. The number of nitrogens with one attached hydrogen (secondary N) is 1. The van der Waals surface area contributed by atoms with Gasteiger partial charge in [-0.1, -0.05) is 73.1 Å². The van der Waals surface area contributed by atoms with E-state index in [2.05, 4.69) is 5.32 Å². The summed E-state index contributed by atoms with van der Waals surface area (Å²) in [6.07, 6.45) is 6.41. The lowest BCUT2D eigenvalue weighted by atomic mass is 9.95. The zero-order chi connectivity index (χ0) is 28.0. The minimum absolute atomic E-state index is 0.0116. The summed E-state index contributed by atoms with van der Waals surface area (Å²) in [5, 5.41) is 4.28. The Balaban J connectivity index is 1.95. The highest BCUT2D eigenvalue weighted by atomic mass is 35.5. The number of rotatable bonds is 10. The fourth-order valence-corrected chi connectivity index (χ4v) is 6.13. The molecule has 0 aliphatic heterocycles. The van der Waals surface area contributed by atoms with E-state index in [4.69, 9.17) is 34.8 Å². The average molecular weight is 603 g/mol.